The van der Waals surface area contributed by atoms with Gasteiger partial charge in [0.1, 0.15) is 5.82 Å². The van der Waals surface area contributed by atoms with E-state index >= 15 is 0 Å². The molecular weight excluding hydrogens is 300 g/mol. The van der Waals surface area contributed by atoms with Crippen molar-refractivity contribution in [3.05, 3.63) is 30.1 Å². The monoisotopic (exact) mass is 328 g/mol. The molecule has 2 aromatic rings. The van der Waals surface area contributed by atoms with Gasteiger partial charge >= 0.3 is 0 Å². The maximum atomic E-state index is 10.3. The standard InChI is InChI=1S/C19H28N4O/c24-19(9-10-20-12-19)13-21-11-14-5-7-15(8-6-14)18-22-16-3-1-2-4-17(16)23-18/h1-4,14-15,20-21,24H,5-13H2,(H,22,23). The average Bonchev–Trinajstić information content (AvgIpc) is 3.22. The van der Waals surface area contributed by atoms with Gasteiger partial charge < -0.3 is 20.7 Å². The quantitative estimate of drug-likeness (QED) is 0.679. The van der Waals surface area contributed by atoms with Crippen molar-refractivity contribution >= 4 is 11.0 Å². The van der Waals surface area contributed by atoms with Gasteiger partial charge in [0.2, 0.25) is 0 Å². The van der Waals surface area contributed by atoms with Gasteiger partial charge in [0.25, 0.3) is 0 Å². The molecule has 1 unspecified atom stereocenters. The topological polar surface area (TPSA) is 73.0 Å². The van der Waals surface area contributed by atoms with Crippen molar-refractivity contribution in [2.45, 2.75) is 43.6 Å². The zero-order valence-corrected chi connectivity index (χ0v) is 14.2. The molecule has 1 aliphatic heterocycles. The van der Waals surface area contributed by atoms with Gasteiger partial charge in [-0.2, -0.15) is 0 Å². The van der Waals surface area contributed by atoms with Gasteiger partial charge in [-0.05, 0) is 63.2 Å². The summed E-state index contributed by atoms with van der Waals surface area (Å²) in [6.07, 6.45) is 5.76. The lowest BCUT2D eigenvalue weighted by molar-refractivity contribution is 0.0596. The molecule has 1 aliphatic carbocycles. The molecule has 24 heavy (non-hydrogen) atoms. The molecule has 1 aromatic carbocycles. The van der Waals surface area contributed by atoms with Crippen LogP contribution in [0.5, 0.6) is 0 Å². The van der Waals surface area contributed by atoms with E-state index in [1.165, 1.54) is 25.7 Å². The van der Waals surface area contributed by atoms with Crippen molar-refractivity contribution in [2.24, 2.45) is 5.92 Å². The summed E-state index contributed by atoms with van der Waals surface area (Å²) in [6, 6.07) is 8.28. The number of aromatic nitrogens is 2. The number of imidazole rings is 1. The van der Waals surface area contributed by atoms with Crippen LogP contribution >= 0.6 is 0 Å². The molecule has 0 bridgehead atoms. The van der Waals surface area contributed by atoms with Crippen LogP contribution in [0.4, 0.5) is 0 Å². The molecule has 2 heterocycles. The molecule has 4 rings (SSSR count). The largest absolute Gasteiger partial charge is 0.387 e. The Kier molecular flexibility index (Phi) is 4.57. The fraction of sp³-hybridized carbons (Fsp3) is 0.632. The Bertz CT molecular complexity index is 636. The summed E-state index contributed by atoms with van der Waals surface area (Å²) in [4.78, 5) is 8.27. The van der Waals surface area contributed by atoms with Gasteiger partial charge in [-0.3, -0.25) is 0 Å². The summed E-state index contributed by atoms with van der Waals surface area (Å²) in [5, 5.41) is 17.1. The Labute approximate surface area is 143 Å². The maximum absolute atomic E-state index is 10.3. The number of aromatic amines is 1. The van der Waals surface area contributed by atoms with Crippen molar-refractivity contribution in [3.8, 4) is 0 Å². The molecule has 5 nitrogen and oxygen atoms in total. The van der Waals surface area contributed by atoms with Crippen molar-refractivity contribution in [3.63, 3.8) is 0 Å². The second-order valence-corrected chi connectivity index (χ2v) is 7.64. The van der Waals surface area contributed by atoms with Crippen LogP contribution in [-0.2, 0) is 0 Å². The Hall–Kier alpha value is -1.43. The molecule has 0 radical (unpaired) electrons. The van der Waals surface area contributed by atoms with E-state index in [9.17, 15) is 5.11 Å². The average molecular weight is 328 g/mol. The lowest BCUT2D eigenvalue weighted by Crippen LogP contribution is -2.43. The number of benzene rings is 1. The van der Waals surface area contributed by atoms with Gasteiger partial charge in [0.15, 0.2) is 0 Å². The minimum Gasteiger partial charge on any atom is -0.387 e. The second kappa shape index (κ2) is 6.82. The third-order valence-corrected chi connectivity index (χ3v) is 5.75. The molecule has 130 valence electrons. The smallest absolute Gasteiger partial charge is 0.110 e. The van der Waals surface area contributed by atoms with E-state index in [1.54, 1.807) is 0 Å². The van der Waals surface area contributed by atoms with Crippen molar-refractivity contribution < 1.29 is 5.11 Å². The molecule has 1 atom stereocenters. The summed E-state index contributed by atoms with van der Waals surface area (Å²) in [6.45, 7) is 3.39. The van der Waals surface area contributed by atoms with Crippen LogP contribution in [0.1, 0.15) is 43.8 Å². The lowest BCUT2D eigenvalue weighted by atomic mass is 9.81. The van der Waals surface area contributed by atoms with Gasteiger partial charge in [-0.25, -0.2) is 4.98 Å². The van der Waals surface area contributed by atoms with Crippen LogP contribution in [0.15, 0.2) is 24.3 Å². The second-order valence-electron chi connectivity index (χ2n) is 7.64. The first-order valence-electron chi connectivity index (χ1n) is 9.30. The summed E-state index contributed by atoms with van der Waals surface area (Å²) in [5.74, 6) is 2.45. The number of β-amino-alcohol motifs (C(OH)–C–C–N with tert-alkyl or cyclic N) is 1. The van der Waals surface area contributed by atoms with E-state index in [0.717, 1.165) is 48.8 Å². The maximum Gasteiger partial charge on any atom is 0.110 e. The summed E-state index contributed by atoms with van der Waals surface area (Å²) in [7, 11) is 0. The SMILES string of the molecule is OC1(CNCC2CCC(c3nc4ccccc4[nH]3)CC2)CCNC1. The van der Waals surface area contributed by atoms with E-state index in [-0.39, 0.29) is 0 Å². The van der Waals surface area contributed by atoms with Crippen LogP contribution in [0.25, 0.3) is 11.0 Å². The molecule has 2 fully saturated rings. The van der Waals surface area contributed by atoms with E-state index in [4.69, 9.17) is 4.98 Å². The number of para-hydroxylation sites is 2. The Morgan fingerprint density at radius 1 is 1.21 bits per heavy atom. The van der Waals surface area contributed by atoms with Crippen molar-refractivity contribution in [2.75, 3.05) is 26.2 Å². The normalized spacial score (nSPS) is 30.9. The van der Waals surface area contributed by atoms with E-state index in [1.807, 2.05) is 6.07 Å². The van der Waals surface area contributed by atoms with E-state index < -0.39 is 5.60 Å². The Morgan fingerprint density at radius 3 is 2.79 bits per heavy atom. The highest BCUT2D eigenvalue weighted by Gasteiger charge is 2.31. The first-order valence-corrected chi connectivity index (χ1v) is 9.30. The fourth-order valence-corrected chi connectivity index (χ4v) is 4.20. The Balaban J connectivity index is 1.26. The number of rotatable bonds is 5. The predicted molar refractivity (Wildman–Crippen MR) is 96.1 cm³/mol. The van der Waals surface area contributed by atoms with Gasteiger partial charge in [-0.1, -0.05) is 12.1 Å². The first-order chi connectivity index (χ1) is 11.7. The number of hydrogen-bond donors (Lipinski definition) is 4. The molecule has 2 aliphatic rings. The minimum atomic E-state index is -0.536. The number of fused-ring (bicyclic) bond motifs is 1. The molecule has 1 saturated carbocycles. The van der Waals surface area contributed by atoms with Crippen LogP contribution in [0, 0.1) is 5.92 Å². The van der Waals surface area contributed by atoms with Gasteiger partial charge in [0.05, 0.1) is 16.6 Å². The molecular formula is C19H28N4O. The third kappa shape index (κ3) is 3.48. The third-order valence-electron chi connectivity index (χ3n) is 5.75. The lowest BCUT2D eigenvalue weighted by Gasteiger charge is -2.29. The molecule has 0 spiro atoms. The van der Waals surface area contributed by atoms with Crippen molar-refractivity contribution in [1.82, 2.24) is 20.6 Å². The minimum absolute atomic E-state index is 0.536. The zero-order valence-electron chi connectivity index (χ0n) is 14.2. The highest BCUT2D eigenvalue weighted by atomic mass is 16.3. The zero-order chi connectivity index (χ0) is 16.4. The fourth-order valence-electron chi connectivity index (χ4n) is 4.20. The van der Waals surface area contributed by atoms with Crippen LogP contribution in [0.2, 0.25) is 0 Å². The van der Waals surface area contributed by atoms with Crippen LogP contribution < -0.4 is 10.6 Å². The Morgan fingerprint density at radius 2 is 2.04 bits per heavy atom. The highest BCUT2D eigenvalue weighted by molar-refractivity contribution is 5.74. The first kappa shape index (κ1) is 16.1. The highest BCUT2D eigenvalue weighted by Crippen LogP contribution is 2.35. The molecule has 1 aromatic heterocycles. The number of nitrogens with zero attached hydrogens (tertiary/aromatic N) is 1. The summed E-state index contributed by atoms with van der Waals surface area (Å²) in [5.41, 5.74) is 1.69. The number of H-pyrrole nitrogens is 1. The van der Waals surface area contributed by atoms with Gasteiger partial charge in [0, 0.05) is 19.0 Å². The summed E-state index contributed by atoms with van der Waals surface area (Å²) >= 11 is 0. The number of aliphatic hydroxyl groups is 1. The van der Waals surface area contributed by atoms with Crippen LogP contribution in [0.3, 0.4) is 0 Å². The van der Waals surface area contributed by atoms with E-state index in [2.05, 4.69) is 33.8 Å². The number of hydrogen-bond acceptors (Lipinski definition) is 4. The van der Waals surface area contributed by atoms with Crippen molar-refractivity contribution in [1.29, 1.82) is 0 Å². The molecule has 0 amide bonds. The van der Waals surface area contributed by atoms with E-state index in [0.29, 0.717) is 12.5 Å². The summed E-state index contributed by atoms with van der Waals surface area (Å²) < 4.78 is 0. The molecule has 1 saturated heterocycles. The predicted octanol–water partition coefficient (Wildman–Crippen LogP) is 2.15. The molecule has 4 N–H and O–H groups in total. The number of nitrogens with one attached hydrogen (secondary N) is 3. The molecule has 5 heteroatoms. The van der Waals surface area contributed by atoms with Crippen LogP contribution in [-0.4, -0.2) is 46.9 Å². The van der Waals surface area contributed by atoms with Gasteiger partial charge in [-0.15, -0.1) is 0 Å².